The van der Waals surface area contributed by atoms with Crippen molar-refractivity contribution in [2.75, 3.05) is 19.7 Å². The normalized spacial score (nSPS) is 30.8. The predicted molar refractivity (Wildman–Crippen MR) is 118 cm³/mol. The first-order valence-electron chi connectivity index (χ1n) is 11.6. The highest BCUT2D eigenvalue weighted by atomic mass is 16.6. The molecule has 3 aliphatic heterocycles. The van der Waals surface area contributed by atoms with Crippen molar-refractivity contribution in [2.45, 2.75) is 77.8 Å². The molecule has 4 rings (SSSR count). The molecule has 0 radical (unpaired) electrons. The van der Waals surface area contributed by atoms with Gasteiger partial charge in [0.1, 0.15) is 22.4 Å². The topological polar surface area (TPSA) is 74.3 Å². The molecular formula is C25H35NO6. The number of fused-ring (bicyclic) bond motifs is 4. The summed E-state index contributed by atoms with van der Waals surface area (Å²) in [5, 5.41) is 0. The molecule has 1 aromatic rings. The molecule has 0 N–H and O–H groups in total. The molecule has 2 saturated heterocycles. The van der Waals surface area contributed by atoms with E-state index in [4.69, 9.17) is 18.9 Å². The number of nitrogens with zero attached hydrogens (tertiary/aromatic N) is 1. The molecule has 0 aromatic heterocycles. The van der Waals surface area contributed by atoms with Crippen molar-refractivity contribution < 1.29 is 28.5 Å². The zero-order valence-corrected chi connectivity index (χ0v) is 20.0. The number of amides is 1. The molecule has 0 spiro atoms. The lowest BCUT2D eigenvalue weighted by molar-refractivity contribution is -0.230. The summed E-state index contributed by atoms with van der Waals surface area (Å²) in [7, 11) is 0. The van der Waals surface area contributed by atoms with Gasteiger partial charge in [0, 0.05) is 24.6 Å². The fourth-order valence-corrected chi connectivity index (χ4v) is 5.34. The number of ether oxygens (including phenoxy) is 4. The fourth-order valence-electron chi connectivity index (χ4n) is 5.34. The van der Waals surface area contributed by atoms with Gasteiger partial charge >= 0.3 is 12.1 Å². The van der Waals surface area contributed by atoms with Crippen LogP contribution in [0.1, 0.15) is 66.1 Å². The molecule has 1 aromatic carbocycles. The van der Waals surface area contributed by atoms with Crippen molar-refractivity contribution in [1.29, 1.82) is 0 Å². The van der Waals surface area contributed by atoms with Crippen LogP contribution >= 0.6 is 0 Å². The lowest BCUT2D eigenvalue weighted by atomic mass is 9.63. The number of hydrogen-bond acceptors (Lipinski definition) is 6. The van der Waals surface area contributed by atoms with Crippen LogP contribution < -0.4 is 4.74 Å². The van der Waals surface area contributed by atoms with Gasteiger partial charge in [-0.2, -0.15) is 0 Å². The Hall–Kier alpha value is -2.28. The minimum Gasteiger partial charge on any atom is -0.487 e. The summed E-state index contributed by atoms with van der Waals surface area (Å²) in [6, 6.07) is 7.95. The van der Waals surface area contributed by atoms with E-state index in [1.54, 1.807) is 11.8 Å². The van der Waals surface area contributed by atoms with E-state index in [1.807, 2.05) is 58.9 Å². The second-order valence-electron chi connectivity index (χ2n) is 10.7. The second kappa shape index (κ2) is 7.94. The number of hydrogen-bond donors (Lipinski definition) is 0. The quantitative estimate of drug-likeness (QED) is 0.625. The van der Waals surface area contributed by atoms with E-state index in [0.29, 0.717) is 19.4 Å². The third kappa shape index (κ3) is 3.96. The third-order valence-corrected chi connectivity index (χ3v) is 6.84. The van der Waals surface area contributed by atoms with E-state index < -0.39 is 22.7 Å². The molecule has 4 atom stereocenters. The Balaban J connectivity index is 1.69. The van der Waals surface area contributed by atoms with Crippen molar-refractivity contribution in [3.8, 4) is 5.75 Å². The van der Waals surface area contributed by atoms with Crippen molar-refractivity contribution in [1.82, 2.24) is 4.90 Å². The van der Waals surface area contributed by atoms with Crippen LogP contribution in [0, 0.1) is 11.3 Å². The number of rotatable bonds is 2. The molecule has 0 bridgehead atoms. The van der Waals surface area contributed by atoms with Crippen LogP contribution in [0.5, 0.6) is 5.75 Å². The summed E-state index contributed by atoms with van der Waals surface area (Å²) in [6.45, 7) is 12.4. The maximum absolute atomic E-state index is 13.4. The molecule has 0 aliphatic carbocycles. The first kappa shape index (κ1) is 22.9. The van der Waals surface area contributed by atoms with Crippen molar-refractivity contribution in [2.24, 2.45) is 11.3 Å². The van der Waals surface area contributed by atoms with Crippen molar-refractivity contribution >= 4 is 12.1 Å². The first-order valence-corrected chi connectivity index (χ1v) is 11.6. The van der Waals surface area contributed by atoms with Crippen LogP contribution in [0.25, 0.3) is 0 Å². The summed E-state index contributed by atoms with van der Waals surface area (Å²) in [5.74, 6) is 0.441. The average Bonchev–Trinajstić information content (AvgIpc) is 2.71. The van der Waals surface area contributed by atoms with Gasteiger partial charge in [-0.25, -0.2) is 4.79 Å². The lowest BCUT2D eigenvalue weighted by Crippen LogP contribution is -2.64. The van der Waals surface area contributed by atoms with Gasteiger partial charge < -0.3 is 23.8 Å². The number of piperidine rings is 1. The van der Waals surface area contributed by atoms with Crippen LogP contribution in [0.15, 0.2) is 24.3 Å². The standard InChI is InChI=1S/C25H35NO6/c1-7-29-21(27)25-14-17-20(16-10-8-9-11-18(16)31-24(17,5)6)30-19(25)12-13-26(15-25)22(28)32-23(2,3)4/h8-11,17,19-20H,7,12-15H2,1-6H3/t17-,19-,20+,25-/m1/s1. The lowest BCUT2D eigenvalue weighted by Gasteiger charge is -2.57. The molecule has 3 aliphatic rings. The van der Waals surface area contributed by atoms with Gasteiger partial charge in [-0.05, 0) is 60.5 Å². The summed E-state index contributed by atoms with van der Waals surface area (Å²) in [5.41, 5.74) is -1.09. The maximum atomic E-state index is 13.4. The highest BCUT2D eigenvalue weighted by Crippen LogP contribution is 2.57. The van der Waals surface area contributed by atoms with Crippen LogP contribution in [-0.4, -0.2) is 54.0 Å². The van der Waals surface area contributed by atoms with Crippen LogP contribution in [0.2, 0.25) is 0 Å². The minimum absolute atomic E-state index is 0.0726. The molecule has 32 heavy (non-hydrogen) atoms. The van der Waals surface area contributed by atoms with Gasteiger partial charge in [-0.3, -0.25) is 4.79 Å². The van der Waals surface area contributed by atoms with E-state index in [2.05, 4.69) is 0 Å². The summed E-state index contributed by atoms with van der Waals surface area (Å²) < 4.78 is 24.2. The van der Waals surface area contributed by atoms with Crippen LogP contribution in [-0.2, 0) is 19.0 Å². The Morgan fingerprint density at radius 3 is 2.62 bits per heavy atom. The summed E-state index contributed by atoms with van der Waals surface area (Å²) >= 11 is 0. The number of benzene rings is 1. The summed E-state index contributed by atoms with van der Waals surface area (Å²) in [6.07, 6.45) is 0.136. The predicted octanol–water partition coefficient (Wildman–Crippen LogP) is 4.49. The second-order valence-corrected chi connectivity index (χ2v) is 10.7. The Kier molecular flexibility index (Phi) is 5.68. The molecular weight excluding hydrogens is 410 g/mol. The summed E-state index contributed by atoms with van der Waals surface area (Å²) in [4.78, 5) is 27.9. The maximum Gasteiger partial charge on any atom is 0.410 e. The Morgan fingerprint density at radius 1 is 1.22 bits per heavy atom. The Labute approximate surface area is 190 Å². The monoisotopic (exact) mass is 445 g/mol. The number of carbonyl (C=O) groups is 2. The molecule has 3 heterocycles. The average molecular weight is 446 g/mol. The van der Waals surface area contributed by atoms with Crippen molar-refractivity contribution in [3.63, 3.8) is 0 Å². The fraction of sp³-hybridized carbons (Fsp3) is 0.680. The van der Waals surface area contributed by atoms with E-state index >= 15 is 0 Å². The third-order valence-electron chi connectivity index (χ3n) is 6.84. The zero-order chi connectivity index (χ0) is 23.3. The van der Waals surface area contributed by atoms with Gasteiger partial charge in [0.15, 0.2) is 0 Å². The smallest absolute Gasteiger partial charge is 0.410 e. The van der Waals surface area contributed by atoms with E-state index in [0.717, 1.165) is 11.3 Å². The molecule has 176 valence electrons. The molecule has 0 saturated carbocycles. The van der Waals surface area contributed by atoms with Crippen LogP contribution in [0.3, 0.4) is 0 Å². The van der Waals surface area contributed by atoms with Gasteiger partial charge in [0.05, 0.1) is 18.8 Å². The highest BCUT2D eigenvalue weighted by Gasteiger charge is 2.62. The molecule has 7 heteroatoms. The number of carbonyl (C=O) groups excluding carboxylic acids is 2. The Bertz CT molecular complexity index is 891. The van der Waals surface area contributed by atoms with Gasteiger partial charge in [-0.1, -0.05) is 18.2 Å². The Morgan fingerprint density at radius 2 is 1.94 bits per heavy atom. The zero-order valence-electron chi connectivity index (χ0n) is 20.0. The van der Waals surface area contributed by atoms with Gasteiger partial charge in [-0.15, -0.1) is 0 Å². The van der Waals surface area contributed by atoms with Gasteiger partial charge in [0.2, 0.25) is 0 Å². The number of esters is 1. The minimum atomic E-state index is -0.959. The van der Waals surface area contributed by atoms with Crippen LogP contribution in [0.4, 0.5) is 4.79 Å². The number of para-hydroxylation sites is 1. The van der Waals surface area contributed by atoms with E-state index in [9.17, 15) is 9.59 Å². The number of likely N-dealkylation sites (tertiary alicyclic amines) is 1. The molecule has 1 amide bonds. The largest absolute Gasteiger partial charge is 0.487 e. The highest BCUT2D eigenvalue weighted by molar-refractivity contribution is 5.80. The SMILES string of the molecule is CCOC(=O)[C@@]12C[C@@H]3[C@@H](O[C@@H]1CCN(C(=O)OC(C)(C)C)C2)c1ccccc1OC3(C)C. The molecule has 7 nitrogen and oxygen atoms in total. The first-order chi connectivity index (χ1) is 15.0. The van der Waals surface area contributed by atoms with Crippen molar-refractivity contribution in [3.05, 3.63) is 29.8 Å². The molecule has 2 fully saturated rings. The molecule has 0 unspecified atom stereocenters. The van der Waals surface area contributed by atoms with E-state index in [-0.39, 0.29) is 37.2 Å². The van der Waals surface area contributed by atoms with Gasteiger partial charge in [0.25, 0.3) is 0 Å². The van der Waals surface area contributed by atoms with E-state index in [1.165, 1.54) is 0 Å².